The highest BCUT2D eigenvalue weighted by atomic mass is 16.6. The molecule has 0 aliphatic heterocycles. The quantitative estimate of drug-likeness (QED) is 0.282. The van der Waals surface area contributed by atoms with Gasteiger partial charge in [0.05, 0.1) is 0 Å². The molecule has 0 bridgehead atoms. The second-order valence-corrected chi connectivity index (χ2v) is 15.8. The Balaban J connectivity index is 1.66. The number of hydrogen-bond acceptors (Lipinski definition) is 5. The molecule has 4 N–H and O–H groups in total. The first-order valence-electron chi connectivity index (χ1n) is 14.8. The minimum absolute atomic E-state index is 0.00219. The second kappa shape index (κ2) is 7.71. The van der Waals surface area contributed by atoms with Crippen molar-refractivity contribution in [3.63, 3.8) is 0 Å². The Morgan fingerprint density at radius 2 is 1.51 bits per heavy atom. The third-order valence-electron chi connectivity index (χ3n) is 14.4. The maximum absolute atomic E-state index is 12.8. The van der Waals surface area contributed by atoms with Crippen LogP contribution < -0.4 is 0 Å². The number of allylic oxidation sites excluding steroid dienone is 2. The molecule has 3 unspecified atom stereocenters. The third kappa shape index (κ3) is 2.88. The summed E-state index contributed by atoms with van der Waals surface area (Å²) < 4.78 is 0. The number of carbonyl (C=O) groups excluding carboxylic acids is 1. The summed E-state index contributed by atoms with van der Waals surface area (Å²) in [5.41, 5.74) is -2.67. The molecule has 5 aliphatic carbocycles. The number of aliphatic hydroxyl groups is 4. The molecule has 11 atom stereocenters. The van der Waals surface area contributed by atoms with E-state index in [1.165, 1.54) is 26.2 Å². The summed E-state index contributed by atoms with van der Waals surface area (Å²) in [6.45, 7) is 19.0. The van der Waals surface area contributed by atoms with E-state index < -0.39 is 34.1 Å². The van der Waals surface area contributed by atoms with Crippen LogP contribution in [-0.4, -0.2) is 43.7 Å². The van der Waals surface area contributed by atoms with Crippen LogP contribution in [0.4, 0.5) is 0 Å². The fourth-order valence-corrected chi connectivity index (χ4v) is 11.7. The predicted octanol–water partition coefficient (Wildman–Crippen LogP) is 5.25. The molecular formula is C32H52O5. The van der Waals surface area contributed by atoms with Crippen LogP contribution in [0.5, 0.6) is 0 Å². The molecule has 0 radical (unpaired) electrons. The zero-order chi connectivity index (χ0) is 27.8. The molecule has 0 amide bonds. The highest BCUT2D eigenvalue weighted by Gasteiger charge is 2.79. The highest BCUT2D eigenvalue weighted by molar-refractivity contribution is 5.87. The molecule has 0 aromatic heterocycles. The first kappa shape index (κ1) is 27.8. The molecule has 210 valence electrons. The molecule has 0 spiro atoms. The SMILES string of the molecule is CC(=O)C1(O)C(C)(C)C2CC[C@]3(C)[C@H](CC=C4[C@@H]5[C@@H](C)[C@H](C)CC[C@]5(C)CC[C@]43C)[C@@]2(C)C(O)C1(O)O. The number of carbonyl (C=O) groups is 1. The summed E-state index contributed by atoms with van der Waals surface area (Å²) in [5, 5.41) is 46.3. The third-order valence-corrected chi connectivity index (χ3v) is 14.4. The monoisotopic (exact) mass is 516 g/mol. The molecule has 0 heterocycles. The second-order valence-electron chi connectivity index (χ2n) is 15.8. The largest absolute Gasteiger partial charge is 0.387 e. The van der Waals surface area contributed by atoms with Gasteiger partial charge in [-0.25, -0.2) is 0 Å². The molecule has 5 nitrogen and oxygen atoms in total. The van der Waals surface area contributed by atoms with Crippen LogP contribution in [-0.2, 0) is 4.79 Å². The number of aliphatic hydroxyl groups excluding tert-OH is 1. The van der Waals surface area contributed by atoms with Gasteiger partial charge in [0.1, 0.15) is 6.10 Å². The summed E-state index contributed by atoms with van der Waals surface area (Å²) in [4.78, 5) is 12.8. The number of ketones is 1. The van der Waals surface area contributed by atoms with Gasteiger partial charge in [0.2, 0.25) is 5.79 Å². The van der Waals surface area contributed by atoms with Crippen molar-refractivity contribution in [3.8, 4) is 0 Å². The summed E-state index contributed by atoms with van der Waals surface area (Å²) >= 11 is 0. The summed E-state index contributed by atoms with van der Waals surface area (Å²) in [5.74, 6) is -1.99. The fraction of sp³-hybridized carbons (Fsp3) is 0.906. The van der Waals surface area contributed by atoms with Crippen molar-refractivity contribution in [1.29, 1.82) is 0 Å². The highest BCUT2D eigenvalue weighted by Crippen LogP contribution is 2.77. The molecule has 5 aliphatic rings. The maximum Gasteiger partial charge on any atom is 0.227 e. The Kier molecular flexibility index (Phi) is 5.79. The normalized spacial score (nSPS) is 56.2. The van der Waals surface area contributed by atoms with Gasteiger partial charge in [-0.2, -0.15) is 0 Å². The van der Waals surface area contributed by atoms with Crippen LogP contribution in [0.1, 0.15) is 107 Å². The molecule has 37 heavy (non-hydrogen) atoms. The van der Waals surface area contributed by atoms with E-state index in [0.717, 1.165) is 25.7 Å². The Hall–Kier alpha value is -0.750. The Morgan fingerprint density at radius 1 is 0.892 bits per heavy atom. The molecule has 0 aromatic rings. The van der Waals surface area contributed by atoms with Crippen LogP contribution in [0, 0.1) is 56.7 Å². The molecular weight excluding hydrogens is 464 g/mol. The summed E-state index contributed by atoms with van der Waals surface area (Å²) in [6, 6.07) is 0. The number of hydrogen-bond donors (Lipinski definition) is 4. The standard InChI is InChI=1S/C32H52O5/c1-18-12-14-27(6)16-17-28(7)21(24(27)19(18)2)10-11-23-29(28,8)15-13-22-26(4,5)31(35,20(3)33)32(36,37)25(34)30(22,23)9/h10,18-19,22-25,34-37H,11-17H2,1-9H3/t18-,19+,22?,23+,24+,25?,27-,28-,29-,30+,31?/m1/s1. The Bertz CT molecular complexity index is 1030. The van der Waals surface area contributed by atoms with Crippen LogP contribution in [0.2, 0.25) is 0 Å². The molecule has 0 aromatic carbocycles. The number of Topliss-reactive ketones (excluding diaryl/α,β-unsaturated/α-hetero) is 1. The van der Waals surface area contributed by atoms with Crippen molar-refractivity contribution in [2.75, 3.05) is 0 Å². The van der Waals surface area contributed by atoms with Gasteiger partial charge in [0, 0.05) is 10.8 Å². The smallest absolute Gasteiger partial charge is 0.227 e. The van der Waals surface area contributed by atoms with Crippen molar-refractivity contribution >= 4 is 5.78 Å². The van der Waals surface area contributed by atoms with E-state index in [-0.39, 0.29) is 22.7 Å². The zero-order valence-electron chi connectivity index (χ0n) is 24.7. The van der Waals surface area contributed by atoms with E-state index in [2.05, 4.69) is 40.7 Å². The molecule has 4 fully saturated rings. The van der Waals surface area contributed by atoms with Gasteiger partial charge in [0.15, 0.2) is 11.4 Å². The average Bonchev–Trinajstić information content (AvgIpc) is 2.80. The van der Waals surface area contributed by atoms with Crippen molar-refractivity contribution in [2.24, 2.45) is 56.7 Å². The fourth-order valence-electron chi connectivity index (χ4n) is 11.7. The summed E-state index contributed by atoms with van der Waals surface area (Å²) in [7, 11) is 0. The van der Waals surface area contributed by atoms with E-state index in [1.54, 1.807) is 19.4 Å². The lowest BCUT2D eigenvalue weighted by atomic mass is 9.31. The summed E-state index contributed by atoms with van der Waals surface area (Å²) in [6.07, 6.45) is 8.19. The van der Waals surface area contributed by atoms with E-state index in [4.69, 9.17) is 0 Å². The lowest BCUT2D eigenvalue weighted by Gasteiger charge is -2.74. The van der Waals surface area contributed by atoms with Crippen LogP contribution in [0.3, 0.4) is 0 Å². The van der Waals surface area contributed by atoms with E-state index >= 15 is 0 Å². The van der Waals surface area contributed by atoms with Gasteiger partial charge < -0.3 is 20.4 Å². The van der Waals surface area contributed by atoms with Gasteiger partial charge >= 0.3 is 0 Å². The average molecular weight is 517 g/mol. The minimum atomic E-state index is -2.94. The lowest BCUT2D eigenvalue weighted by Crippen LogP contribution is -2.82. The number of fused-ring (bicyclic) bond motifs is 7. The molecule has 5 rings (SSSR count). The van der Waals surface area contributed by atoms with Crippen molar-refractivity contribution in [2.45, 2.75) is 125 Å². The predicted molar refractivity (Wildman–Crippen MR) is 144 cm³/mol. The van der Waals surface area contributed by atoms with Crippen LogP contribution in [0.25, 0.3) is 0 Å². The van der Waals surface area contributed by atoms with Crippen molar-refractivity contribution < 1.29 is 25.2 Å². The van der Waals surface area contributed by atoms with Gasteiger partial charge in [-0.05, 0) is 97.7 Å². The van der Waals surface area contributed by atoms with Crippen molar-refractivity contribution in [1.82, 2.24) is 0 Å². The topological polar surface area (TPSA) is 98.0 Å². The van der Waals surface area contributed by atoms with Crippen LogP contribution >= 0.6 is 0 Å². The number of rotatable bonds is 1. The first-order valence-corrected chi connectivity index (χ1v) is 14.8. The molecule has 4 saturated carbocycles. The van der Waals surface area contributed by atoms with E-state index in [9.17, 15) is 25.2 Å². The van der Waals surface area contributed by atoms with Gasteiger partial charge in [-0.15, -0.1) is 0 Å². The minimum Gasteiger partial charge on any atom is -0.387 e. The zero-order valence-corrected chi connectivity index (χ0v) is 24.7. The lowest BCUT2D eigenvalue weighted by molar-refractivity contribution is -0.402. The molecule has 5 heteroatoms. The van der Waals surface area contributed by atoms with Gasteiger partial charge in [0.25, 0.3) is 0 Å². The maximum atomic E-state index is 12.8. The Labute approximate surface area is 224 Å². The van der Waals surface area contributed by atoms with Gasteiger partial charge in [-0.1, -0.05) is 67.0 Å². The van der Waals surface area contributed by atoms with Crippen LogP contribution in [0.15, 0.2) is 11.6 Å². The van der Waals surface area contributed by atoms with E-state index in [1.807, 2.05) is 6.92 Å². The van der Waals surface area contributed by atoms with Crippen molar-refractivity contribution in [3.05, 3.63) is 11.6 Å². The van der Waals surface area contributed by atoms with Gasteiger partial charge in [-0.3, -0.25) is 4.79 Å². The van der Waals surface area contributed by atoms with E-state index in [0.29, 0.717) is 23.2 Å². The molecule has 0 saturated heterocycles. The first-order chi connectivity index (χ1) is 16.8. The Morgan fingerprint density at radius 3 is 2.11 bits per heavy atom.